The van der Waals surface area contributed by atoms with Crippen molar-refractivity contribution < 1.29 is 29.7 Å². The third-order valence-corrected chi connectivity index (χ3v) is 0. The van der Waals surface area contributed by atoms with Crippen LogP contribution in [0.3, 0.4) is 0 Å². The zero-order chi connectivity index (χ0) is 10.7. The molecule has 0 spiro atoms. The van der Waals surface area contributed by atoms with Crippen LogP contribution in [0.5, 0.6) is 0 Å². The summed E-state index contributed by atoms with van der Waals surface area (Å²) in [7, 11) is 0. The summed E-state index contributed by atoms with van der Waals surface area (Å²) in [4.78, 5) is 22.6. The van der Waals surface area contributed by atoms with Crippen LogP contribution in [0, 0.1) is 0 Å². The van der Waals surface area contributed by atoms with Crippen molar-refractivity contribution in [1.82, 2.24) is 0 Å². The maximum Gasteiger partial charge on any atom is 3.00 e. The molecule has 2 radical (unpaired) electrons. The Kier molecular flexibility index (Phi) is 33.5. The average Bonchev–Trinajstić information content (AvgIpc) is 1.54. The van der Waals surface area contributed by atoms with Crippen LogP contribution in [0.2, 0.25) is 0 Å². The normalized spacial score (nSPS) is 5.77. The van der Waals surface area contributed by atoms with Crippen molar-refractivity contribution in [1.29, 1.82) is 0 Å². The van der Waals surface area contributed by atoms with Gasteiger partial charge in [-0.3, -0.25) is 0 Å². The van der Waals surface area contributed by atoms with Gasteiger partial charge in [-0.05, 0) is 47.8 Å². The molecule has 0 aliphatic rings. The monoisotopic (exact) mass is 578 g/mol. The van der Waals surface area contributed by atoms with Gasteiger partial charge >= 0.3 is 26.2 Å². The second kappa shape index (κ2) is 18.5. The van der Waals surface area contributed by atoms with Crippen LogP contribution in [0.4, 0.5) is 14.4 Å². The van der Waals surface area contributed by atoms with Crippen molar-refractivity contribution in [2.75, 3.05) is 0 Å². The molecule has 6 nitrogen and oxygen atoms in total. The molecule has 0 saturated carbocycles. The minimum atomic E-state index is -1.27. The fraction of sp³-hybridized carbons (Fsp3) is 0. The number of hydrogen-bond donors (Lipinski definition) is 0. The van der Waals surface area contributed by atoms with Gasteiger partial charge in [0, 0.05) is 0 Å². The van der Waals surface area contributed by atoms with E-state index in [1.807, 2.05) is 0 Å². The third kappa shape index (κ3) is 2730. The molecule has 0 amide bonds. The molecule has 0 aromatic rings. The van der Waals surface area contributed by atoms with Crippen LogP contribution in [0.25, 0.3) is 0 Å². The van der Waals surface area contributed by atoms with E-state index in [1.54, 1.807) is 0 Å². The Morgan fingerprint density at radius 2 is 0.692 bits per heavy atom. The second-order valence-corrected chi connectivity index (χ2v) is 2.66. The van der Waals surface area contributed by atoms with Gasteiger partial charge in [0.15, 0.2) is 0 Å². The molecule has 0 unspecified atom stereocenters. The molecule has 0 N–H and O–H groups in total. The van der Waals surface area contributed by atoms with Crippen molar-refractivity contribution >= 4 is 88.6 Å². The molecule has 0 atom stereocenters. The fourth-order valence-electron chi connectivity index (χ4n) is 0. The molecule has 0 saturated heterocycles. The van der Waals surface area contributed by atoms with E-state index in [0.717, 1.165) is 0 Å². The number of carbonyl (C=O) groups is 3. The summed E-state index contributed by atoms with van der Waals surface area (Å²) in [6.07, 6.45) is 0. The first kappa shape index (κ1) is 23.5. The molecule has 0 aromatic heterocycles. The van der Waals surface area contributed by atoms with Gasteiger partial charge in [-0.2, -0.15) is 0 Å². The standard InChI is InChI=1S/3CHBrO2.Bi/c3*2-1(3)4;/h3*(H,3,4);/q;;;+3/p-3. The number of halogens is 3. The summed E-state index contributed by atoms with van der Waals surface area (Å²) < 4.78 is 0. The smallest absolute Gasteiger partial charge is 0.538 e. The average molecular weight is 581 g/mol. The molecular formula is C3BiBr3O6. The van der Waals surface area contributed by atoms with Crippen LogP contribution in [0.15, 0.2) is 0 Å². The van der Waals surface area contributed by atoms with Gasteiger partial charge in [0.25, 0.3) is 0 Å². The van der Waals surface area contributed by atoms with Crippen molar-refractivity contribution in [3.8, 4) is 0 Å². The van der Waals surface area contributed by atoms with Gasteiger partial charge in [-0.1, -0.05) is 0 Å². The SMILES string of the molecule is O=C([O-])Br.O=C([O-])Br.O=C([O-])Br.[Bi+3]. The molecule has 0 fully saturated rings. The maximum absolute atomic E-state index is 8.81. The van der Waals surface area contributed by atoms with E-state index in [2.05, 4.69) is 47.8 Å². The third-order valence-electron chi connectivity index (χ3n) is 0. The molecule has 0 aliphatic heterocycles. The topological polar surface area (TPSA) is 120 Å². The maximum atomic E-state index is 8.81. The van der Waals surface area contributed by atoms with Gasteiger partial charge < -0.3 is 29.7 Å². The molecule has 74 valence electrons. The first-order valence-corrected chi connectivity index (χ1v) is 4.17. The van der Waals surface area contributed by atoms with E-state index >= 15 is 0 Å². The summed E-state index contributed by atoms with van der Waals surface area (Å²) in [6.45, 7) is 0. The molecule has 10 heteroatoms. The summed E-state index contributed by atoms with van der Waals surface area (Å²) in [5, 5.41) is 26.4. The van der Waals surface area contributed by atoms with E-state index < -0.39 is 14.6 Å². The predicted octanol–water partition coefficient (Wildman–Crippen LogP) is -1.21. The zero-order valence-corrected chi connectivity index (χ0v) is 13.8. The molecule has 0 heterocycles. The number of rotatable bonds is 0. The van der Waals surface area contributed by atoms with Gasteiger partial charge in [0.2, 0.25) is 0 Å². The minimum Gasteiger partial charge on any atom is -0.538 e. The van der Waals surface area contributed by atoms with Gasteiger partial charge in [-0.25, -0.2) is 0 Å². The zero-order valence-electron chi connectivity index (χ0n) is 5.53. The largest absolute Gasteiger partial charge is 3.00 e. The van der Waals surface area contributed by atoms with Crippen LogP contribution >= 0.6 is 47.8 Å². The molecular weight excluding hydrogens is 581 g/mol. The van der Waals surface area contributed by atoms with Crippen LogP contribution < -0.4 is 15.3 Å². The van der Waals surface area contributed by atoms with Crippen molar-refractivity contribution in [3.05, 3.63) is 0 Å². The van der Waals surface area contributed by atoms with Crippen molar-refractivity contribution in [3.63, 3.8) is 0 Å². The van der Waals surface area contributed by atoms with E-state index in [9.17, 15) is 0 Å². The summed E-state index contributed by atoms with van der Waals surface area (Å²) >= 11 is 6.23. The Bertz CT molecular complexity index is 121. The predicted molar refractivity (Wildman–Crippen MR) is 48.7 cm³/mol. The number of hydrogen-bond acceptors (Lipinski definition) is 6. The Labute approximate surface area is 117 Å². The van der Waals surface area contributed by atoms with E-state index in [-0.39, 0.29) is 26.2 Å². The Morgan fingerprint density at radius 1 is 0.692 bits per heavy atom. The van der Waals surface area contributed by atoms with Gasteiger partial charge in [0.05, 0.1) is 0 Å². The van der Waals surface area contributed by atoms with Crippen LogP contribution in [0.1, 0.15) is 0 Å². The van der Waals surface area contributed by atoms with E-state index in [1.165, 1.54) is 0 Å². The molecule has 0 rings (SSSR count). The number of carbonyl (C=O) groups excluding carboxylic acids is 3. The summed E-state index contributed by atoms with van der Waals surface area (Å²) in [5.74, 6) is 0. The van der Waals surface area contributed by atoms with Crippen LogP contribution in [-0.2, 0) is 0 Å². The fourth-order valence-corrected chi connectivity index (χ4v) is 0. The van der Waals surface area contributed by atoms with Gasteiger partial charge in [0.1, 0.15) is 14.6 Å². The van der Waals surface area contributed by atoms with Crippen LogP contribution in [-0.4, -0.2) is 40.8 Å². The quantitative estimate of drug-likeness (QED) is 0.262. The first-order valence-electron chi connectivity index (χ1n) is 1.79. The summed E-state index contributed by atoms with van der Waals surface area (Å²) in [5.41, 5.74) is 0. The molecule has 13 heavy (non-hydrogen) atoms. The Hall–Kier alpha value is 0.733. The van der Waals surface area contributed by atoms with Crippen molar-refractivity contribution in [2.45, 2.75) is 0 Å². The van der Waals surface area contributed by atoms with Crippen molar-refractivity contribution in [2.24, 2.45) is 0 Å². The molecule has 0 aliphatic carbocycles. The van der Waals surface area contributed by atoms with E-state index in [4.69, 9.17) is 29.7 Å². The Morgan fingerprint density at radius 3 is 0.692 bits per heavy atom. The van der Waals surface area contributed by atoms with E-state index in [0.29, 0.717) is 0 Å². The minimum absolute atomic E-state index is 0. The van der Waals surface area contributed by atoms with Gasteiger partial charge in [-0.15, -0.1) is 0 Å². The molecule has 0 bridgehead atoms. The second-order valence-electron chi connectivity index (χ2n) is 0.713. The first-order chi connectivity index (χ1) is 5.20. The summed E-state index contributed by atoms with van der Waals surface area (Å²) in [6, 6.07) is 0. The molecule has 0 aromatic carbocycles. The number of carboxylic acid groups (broad SMARTS) is 3. The Balaban J connectivity index is -0.0000000450.